The van der Waals surface area contributed by atoms with Gasteiger partial charge in [-0.25, -0.2) is 4.79 Å². The Balaban J connectivity index is 2.83. The Morgan fingerprint density at radius 3 is 2.78 bits per heavy atom. The number of hydrogen-bond donors (Lipinski definition) is 0. The summed E-state index contributed by atoms with van der Waals surface area (Å²) in [6, 6.07) is 2.77. The van der Waals surface area contributed by atoms with E-state index in [1.807, 2.05) is 22.6 Å². The summed E-state index contributed by atoms with van der Waals surface area (Å²) < 4.78 is 6.75. The van der Waals surface area contributed by atoms with Crippen LogP contribution in [0.25, 0.3) is 10.9 Å². The molecule has 0 spiro atoms. The van der Waals surface area contributed by atoms with Crippen LogP contribution in [0, 0.1) is 13.8 Å². The third kappa shape index (κ3) is 1.92. The van der Waals surface area contributed by atoms with Crippen LogP contribution < -0.4 is 0 Å². The van der Waals surface area contributed by atoms with E-state index in [1.165, 1.54) is 19.2 Å². The first-order valence-electron chi connectivity index (χ1n) is 4.84. The minimum atomic E-state index is -0.736. The van der Waals surface area contributed by atoms with Crippen molar-refractivity contribution < 1.29 is 14.5 Å². The van der Waals surface area contributed by atoms with E-state index in [0.717, 1.165) is 0 Å². The number of nitro groups is 1. The number of carbonyl (C=O) groups is 1. The van der Waals surface area contributed by atoms with Crippen molar-refractivity contribution in [3.63, 3.8) is 0 Å². The molecule has 0 radical (unpaired) electrons. The predicted molar refractivity (Wildman–Crippen MR) is 71.4 cm³/mol. The van der Waals surface area contributed by atoms with Crippen molar-refractivity contribution in [1.82, 2.24) is 9.78 Å². The fraction of sp³-hybridized carbons (Fsp3) is 0.200. The molecule has 94 valence electrons. The number of aromatic nitrogens is 2. The van der Waals surface area contributed by atoms with Crippen molar-refractivity contribution in [3.8, 4) is 0 Å². The zero-order chi connectivity index (χ0) is 13.4. The van der Waals surface area contributed by atoms with Gasteiger partial charge in [-0.1, -0.05) is 0 Å². The molecule has 18 heavy (non-hydrogen) atoms. The number of carbonyl (C=O) groups excluding carboxylic acids is 1. The highest BCUT2D eigenvalue weighted by Gasteiger charge is 2.24. The van der Waals surface area contributed by atoms with Crippen LogP contribution in [0.2, 0.25) is 0 Å². The van der Waals surface area contributed by atoms with Gasteiger partial charge in [-0.2, -0.15) is 5.10 Å². The molecule has 2 rings (SSSR count). The van der Waals surface area contributed by atoms with Crippen LogP contribution in [-0.4, -0.2) is 27.8 Å². The van der Waals surface area contributed by atoms with E-state index in [1.54, 1.807) is 11.7 Å². The van der Waals surface area contributed by atoms with Gasteiger partial charge in [-0.3, -0.25) is 14.8 Å². The lowest BCUT2D eigenvalue weighted by atomic mass is 10.1. The Morgan fingerprint density at radius 2 is 2.22 bits per heavy atom. The molecule has 0 saturated heterocycles. The summed E-state index contributed by atoms with van der Waals surface area (Å²) in [5.74, 6) is -0.736. The van der Waals surface area contributed by atoms with E-state index in [-0.39, 0.29) is 11.3 Å². The molecule has 8 heteroatoms. The average molecular weight is 361 g/mol. The normalized spacial score (nSPS) is 10.6. The number of fused-ring (bicyclic) bond motifs is 1. The summed E-state index contributed by atoms with van der Waals surface area (Å²) in [4.78, 5) is 21.9. The van der Waals surface area contributed by atoms with E-state index < -0.39 is 10.9 Å². The third-order valence-corrected chi connectivity index (χ3v) is 3.32. The van der Waals surface area contributed by atoms with Crippen LogP contribution in [0.5, 0.6) is 0 Å². The molecule has 0 saturated carbocycles. The van der Waals surface area contributed by atoms with Crippen LogP contribution in [-0.2, 0) is 11.8 Å². The lowest BCUT2D eigenvalue weighted by Crippen LogP contribution is -2.06. The molecule has 0 unspecified atom stereocenters. The predicted octanol–water partition coefficient (Wildman–Crippen LogP) is 1.87. The van der Waals surface area contributed by atoms with Gasteiger partial charge in [0.1, 0.15) is 9.26 Å². The van der Waals surface area contributed by atoms with Crippen molar-refractivity contribution in [3.05, 3.63) is 31.5 Å². The first-order valence-corrected chi connectivity index (χ1v) is 5.92. The van der Waals surface area contributed by atoms with Crippen LogP contribution in [0.15, 0.2) is 12.1 Å². The summed E-state index contributed by atoms with van der Waals surface area (Å²) in [6.07, 6.45) is 0. The summed E-state index contributed by atoms with van der Waals surface area (Å²) in [5, 5.41) is 15.8. The Bertz CT molecular complexity index is 665. The molecule has 0 amide bonds. The smallest absolute Gasteiger partial charge is 0.344 e. The lowest BCUT2D eigenvalue weighted by Gasteiger charge is -2.02. The monoisotopic (exact) mass is 361 g/mol. The van der Waals surface area contributed by atoms with E-state index in [2.05, 4.69) is 9.84 Å². The molecular formula is C10H8IN3O4. The van der Waals surface area contributed by atoms with Crippen LogP contribution >= 0.6 is 22.6 Å². The average Bonchev–Trinajstić information content (AvgIpc) is 2.62. The zero-order valence-corrected chi connectivity index (χ0v) is 11.7. The molecule has 0 aliphatic carbocycles. The maximum absolute atomic E-state index is 11.5. The fourth-order valence-electron chi connectivity index (χ4n) is 1.67. The SMILES string of the molecule is COC(=O)c1cc2c(cc1[N+](=O)[O-])c(I)nn2C. The maximum Gasteiger partial charge on any atom is 0.344 e. The molecule has 7 nitrogen and oxygen atoms in total. The minimum absolute atomic E-state index is 0.0746. The highest BCUT2D eigenvalue weighted by atomic mass is 127. The van der Waals surface area contributed by atoms with Gasteiger partial charge in [0.05, 0.1) is 17.5 Å². The lowest BCUT2D eigenvalue weighted by molar-refractivity contribution is -0.385. The third-order valence-electron chi connectivity index (χ3n) is 2.52. The molecule has 1 aromatic heterocycles. The first-order chi connectivity index (χ1) is 8.45. The number of esters is 1. The summed E-state index contributed by atoms with van der Waals surface area (Å²) in [5.41, 5.74) is 0.292. The Labute approximate surface area is 115 Å². The fourth-order valence-corrected chi connectivity index (χ4v) is 2.43. The number of ether oxygens (including phenoxy) is 1. The number of hydrogen-bond acceptors (Lipinski definition) is 5. The first kappa shape index (κ1) is 12.7. The molecule has 0 atom stereocenters. The van der Waals surface area contributed by atoms with E-state index >= 15 is 0 Å². The van der Waals surface area contributed by atoms with Crippen LogP contribution in [0.3, 0.4) is 0 Å². The highest BCUT2D eigenvalue weighted by Crippen LogP contribution is 2.29. The molecular weight excluding hydrogens is 353 g/mol. The largest absolute Gasteiger partial charge is 0.465 e. The molecule has 0 aliphatic heterocycles. The van der Waals surface area contributed by atoms with Gasteiger partial charge in [0.25, 0.3) is 5.69 Å². The van der Waals surface area contributed by atoms with Crippen molar-refractivity contribution in [2.24, 2.45) is 7.05 Å². The number of benzene rings is 1. The zero-order valence-electron chi connectivity index (χ0n) is 9.51. The number of halogens is 1. The van der Waals surface area contributed by atoms with Crippen molar-refractivity contribution >= 4 is 45.2 Å². The van der Waals surface area contributed by atoms with Crippen LogP contribution in [0.1, 0.15) is 10.4 Å². The van der Waals surface area contributed by atoms with Crippen molar-refractivity contribution in [2.45, 2.75) is 0 Å². The number of aryl methyl sites for hydroxylation is 1. The van der Waals surface area contributed by atoms with Gasteiger partial charge in [-0.05, 0) is 28.7 Å². The summed E-state index contributed by atoms with van der Waals surface area (Å²) >= 11 is 1.99. The van der Waals surface area contributed by atoms with E-state index in [9.17, 15) is 14.9 Å². The summed E-state index contributed by atoms with van der Waals surface area (Å²) in [7, 11) is 2.89. The van der Waals surface area contributed by atoms with Gasteiger partial charge in [0.2, 0.25) is 0 Å². The van der Waals surface area contributed by atoms with E-state index in [4.69, 9.17) is 0 Å². The Kier molecular flexibility index (Phi) is 3.20. The van der Waals surface area contributed by atoms with Crippen LogP contribution in [0.4, 0.5) is 5.69 Å². The number of rotatable bonds is 2. The maximum atomic E-state index is 11.5. The molecule has 2 aromatic rings. The number of nitrogens with zero attached hydrogens (tertiary/aromatic N) is 3. The molecule has 0 bridgehead atoms. The minimum Gasteiger partial charge on any atom is -0.465 e. The molecule has 0 N–H and O–H groups in total. The van der Waals surface area contributed by atoms with Gasteiger partial charge >= 0.3 is 5.97 Å². The van der Waals surface area contributed by atoms with Gasteiger partial charge in [-0.15, -0.1) is 0 Å². The van der Waals surface area contributed by atoms with Gasteiger partial charge < -0.3 is 4.74 Å². The topological polar surface area (TPSA) is 87.3 Å². The highest BCUT2D eigenvalue weighted by molar-refractivity contribution is 14.1. The second kappa shape index (κ2) is 4.52. The second-order valence-electron chi connectivity index (χ2n) is 3.55. The Morgan fingerprint density at radius 1 is 1.56 bits per heavy atom. The number of nitro benzene ring substituents is 1. The Hall–Kier alpha value is -1.71. The molecule has 1 aromatic carbocycles. The molecule has 0 aliphatic rings. The summed E-state index contributed by atoms with van der Waals surface area (Å²) in [6.45, 7) is 0. The van der Waals surface area contributed by atoms with Gasteiger partial charge in [0, 0.05) is 18.5 Å². The number of methoxy groups -OCH3 is 1. The van der Waals surface area contributed by atoms with E-state index in [0.29, 0.717) is 14.6 Å². The molecule has 1 heterocycles. The van der Waals surface area contributed by atoms with Gasteiger partial charge in [0.15, 0.2) is 0 Å². The quantitative estimate of drug-likeness (QED) is 0.353. The molecule has 0 fully saturated rings. The van der Waals surface area contributed by atoms with Crippen molar-refractivity contribution in [1.29, 1.82) is 0 Å². The van der Waals surface area contributed by atoms with Crippen molar-refractivity contribution in [2.75, 3.05) is 7.11 Å². The second-order valence-corrected chi connectivity index (χ2v) is 4.57. The standard InChI is InChI=1S/C10H8IN3O4/c1-13-7-4-6(10(15)18-2)8(14(16)17)3-5(7)9(11)12-13/h3-4H,1-2H3.